The van der Waals surface area contributed by atoms with Crippen molar-refractivity contribution in [3.05, 3.63) is 46.4 Å². The molecule has 0 radical (unpaired) electrons. The molecule has 2 rings (SSSR count). The van der Waals surface area contributed by atoms with Gasteiger partial charge in [0.25, 0.3) is 5.91 Å². The lowest BCUT2D eigenvalue weighted by atomic mass is 10.2. The molecule has 27 heavy (non-hydrogen) atoms. The fourth-order valence-corrected chi connectivity index (χ4v) is 3.14. The smallest absolute Gasteiger partial charge is 0.265 e. The first-order valence-electron chi connectivity index (χ1n) is 7.67. The van der Waals surface area contributed by atoms with Gasteiger partial charge >= 0.3 is 0 Å². The van der Waals surface area contributed by atoms with Gasteiger partial charge in [0.05, 0.1) is 24.1 Å². The van der Waals surface area contributed by atoms with Crippen LogP contribution in [0.5, 0.6) is 11.5 Å². The summed E-state index contributed by atoms with van der Waals surface area (Å²) in [5, 5.41) is 3.38. The number of anilines is 2. The maximum Gasteiger partial charge on any atom is 0.265 e. The summed E-state index contributed by atoms with van der Waals surface area (Å²) in [7, 11) is -2.10. The second-order valence-electron chi connectivity index (χ2n) is 5.61. The average Bonchev–Trinajstić information content (AvgIpc) is 2.56. The number of hydrogen-bond acceptors (Lipinski definition) is 5. The van der Waals surface area contributed by atoms with Crippen LogP contribution in [-0.4, -0.2) is 33.8 Å². The van der Waals surface area contributed by atoms with Gasteiger partial charge in [-0.1, -0.05) is 23.2 Å². The predicted molar refractivity (Wildman–Crippen MR) is 107 cm³/mol. The van der Waals surface area contributed by atoms with E-state index in [0.717, 1.165) is 6.26 Å². The third-order valence-corrected chi connectivity index (χ3v) is 4.45. The second kappa shape index (κ2) is 8.69. The van der Waals surface area contributed by atoms with E-state index in [-0.39, 0.29) is 10.7 Å². The summed E-state index contributed by atoms with van der Waals surface area (Å²) in [6.45, 7) is 1.56. The van der Waals surface area contributed by atoms with E-state index in [2.05, 4.69) is 10.0 Å². The Labute approximate surface area is 167 Å². The Morgan fingerprint density at radius 1 is 1.11 bits per heavy atom. The molecule has 0 bridgehead atoms. The van der Waals surface area contributed by atoms with Gasteiger partial charge in [-0.15, -0.1) is 0 Å². The van der Waals surface area contributed by atoms with Crippen molar-refractivity contribution in [3.63, 3.8) is 0 Å². The van der Waals surface area contributed by atoms with Crippen molar-refractivity contribution in [2.75, 3.05) is 23.4 Å². The van der Waals surface area contributed by atoms with Crippen molar-refractivity contribution in [1.29, 1.82) is 0 Å². The van der Waals surface area contributed by atoms with E-state index >= 15 is 0 Å². The number of hydrogen-bond donors (Lipinski definition) is 2. The van der Waals surface area contributed by atoms with Crippen molar-refractivity contribution in [3.8, 4) is 11.5 Å². The lowest BCUT2D eigenvalue weighted by Crippen LogP contribution is -2.30. The summed E-state index contributed by atoms with van der Waals surface area (Å²) < 4.78 is 35.9. The van der Waals surface area contributed by atoms with Crippen molar-refractivity contribution in [2.45, 2.75) is 13.0 Å². The lowest BCUT2D eigenvalue weighted by molar-refractivity contribution is -0.122. The van der Waals surface area contributed by atoms with Gasteiger partial charge in [-0.25, -0.2) is 8.42 Å². The molecule has 0 spiro atoms. The molecule has 2 aromatic rings. The highest BCUT2D eigenvalue weighted by molar-refractivity contribution is 7.92. The maximum atomic E-state index is 12.4. The highest BCUT2D eigenvalue weighted by Crippen LogP contribution is 2.30. The maximum absolute atomic E-state index is 12.4. The van der Waals surface area contributed by atoms with Crippen molar-refractivity contribution >= 4 is 50.5 Å². The Hall–Kier alpha value is -2.16. The van der Waals surface area contributed by atoms with Crippen LogP contribution in [0, 0.1) is 0 Å². The molecular formula is C17H18Cl2N2O5S. The topological polar surface area (TPSA) is 93.7 Å². The van der Waals surface area contributed by atoms with E-state index < -0.39 is 22.0 Å². The molecule has 0 saturated heterocycles. The first-order valence-corrected chi connectivity index (χ1v) is 10.3. The number of nitrogens with one attached hydrogen (secondary N) is 2. The zero-order valence-corrected chi connectivity index (χ0v) is 17.1. The Kier molecular flexibility index (Phi) is 6.80. The highest BCUT2D eigenvalue weighted by atomic mass is 35.5. The van der Waals surface area contributed by atoms with E-state index in [1.807, 2.05) is 0 Å². The average molecular weight is 433 g/mol. The standard InChI is InChI=1S/C17H18Cl2N2O5S/c1-10(26-15-6-4-11(18)8-13(15)19)17(22)20-12-5-7-16(25-2)14(9-12)21-27(3,23)24/h4-10,21H,1-3H3,(H,20,22). The van der Waals surface area contributed by atoms with Crippen molar-refractivity contribution in [1.82, 2.24) is 0 Å². The van der Waals surface area contributed by atoms with Crippen LogP contribution in [0.25, 0.3) is 0 Å². The molecule has 1 unspecified atom stereocenters. The second-order valence-corrected chi connectivity index (χ2v) is 8.21. The molecule has 0 saturated carbocycles. The number of sulfonamides is 1. The minimum Gasteiger partial charge on any atom is -0.495 e. The summed E-state index contributed by atoms with van der Waals surface area (Å²) in [4.78, 5) is 12.4. The minimum atomic E-state index is -3.51. The molecule has 0 heterocycles. The van der Waals surface area contributed by atoms with Crippen molar-refractivity contribution in [2.24, 2.45) is 0 Å². The van der Waals surface area contributed by atoms with Gasteiger partial charge in [0.2, 0.25) is 10.0 Å². The molecule has 0 aliphatic carbocycles. The van der Waals surface area contributed by atoms with Crippen LogP contribution < -0.4 is 19.5 Å². The minimum absolute atomic E-state index is 0.201. The third kappa shape index (κ3) is 6.20. The van der Waals surface area contributed by atoms with E-state index in [4.69, 9.17) is 32.7 Å². The molecule has 2 N–H and O–H groups in total. The van der Waals surface area contributed by atoms with Gasteiger partial charge in [-0.3, -0.25) is 9.52 Å². The Morgan fingerprint density at radius 2 is 1.78 bits per heavy atom. The van der Waals surface area contributed by atoms with Crippen molar-refractivity contribution < 1.29 is 22.7 Å². The molecule has 10 heteroatoms. The number of carbonyl (C=O) groups is 1. The van der Waals surface area contributed by atoms with Crippen LogP contribution >= 0.6 is 23.2 Å². The van der Waals surface area contributed by atoms with Gasteiger partial charge in [0.1, 0.15) is 11.5 Å². The highest BCUT2D eigenvalue weighted by Gasteiger charge is 2.18. The lowest BCUT2D eigenvalue weighted by Gasteiger charge is -2.17. The first kappa shape index (κ1) is 21.1. The number of benzene rings is 2. The summed E-state index contributed by atoms with van der Waals surface area (Å²) in [5.41, 5.74) is 0.566. The van der Waals surface area contributed by atoms with E-state index in [9.17, 15) is 13.2 Å². The molecule has 7 nitrogen and oxygen atoms in total. The van der Waals surface area contributed by atoms with Gasteiger partial charge in [0.15, 0.2) is 6.10 Å². The number of amides is 1. The number of ether oxygens (including phenoxy) is 2. The third-order valence-electron chi connectivity index (χ3n) is 3.33. The monoisotopic (exact) mass is 432 g/mol. The van der Waals surface area contributed by atoms with Crippen LogP contribution in [0.15, 0.2) is 36.4 Å². The summed E-state index contributed by atoms with van der Waals surface area (Å²) in [6, 6.07) is 9.22. The molecule has 0 aliphatic rings. The molecule has 1 atom stereocenters. The van der Waals surface area contributed by atoms with E-state index in [1.165, 1.54) is 25.3 Å². The number of carbonyl (C=O) groups excluding carboxylic acids is 1. The summed E-state index contributed by atoms with van der Waals surface area (Å²) in [6.07, 6.45) is 0.154. The SMILES string of the molecule is COc1ccc(NC(=O)C(C)Oc2ccc(Cl)cc2Cl)cc1NS(C)(=O)=O. The molecule has 0 fully saturated rings. The Morgan fingerprint density at radius 3 is 2.37 bits per heavy atom. The molecule has 146 valence electrons. The zero-order valence-electron chi connectivity index (χ0n) is 14.7. The van der Waals surface area contributed by atoms with E-state index in [0.29, 0.717) is 22.2 Å². The van der Waals surface area contributed by atoms with E-state index in [1.54, 1.807) is 25.1 Å². The Bertz CT molecular complexity index is 950. The van der Waals surface area contributed by atoms with Gasteiger partial charge < -0.3 is 14.8 Å². The molecule has 0 aliphatic heterocycles. The van der Waals surface area contributed by atoms with Gasteiger partial charge in [0, 0.05) is 10.7 Å². The first-order chi connectivity index (χ1) is 12.6. The van der Waals surface area contributed by atoms with Crippen LogP contribution in [0.4, 0.5) is 11.4 Å². The van der Waals surface area contributed by atoms with Crippen LogP contribution in [-0.2, 0) is 14.8 Å². The zero-order chi connectivity index (χ0) is 20.2. The quantitative estimate of drug-likeness (QED) is 0.693. The fraction of sp³-hybridized carbons (Fsp3) is 0.235. The molecular weight excluding hydrogens is 415 g/mol. The molecule has 2 aromatic carbocycles. The van der Waals surface area contributed by atoms with Gasteiger partial charge in [-0.05, 0) is 43.3 Å². The Balaban J connectivity index is 2.13. The van der Waals surface area contributed by atoms with Crippen LogP contribution in [0.1, 0.15) is 6.92 Å². The number of methoxy groups -OCH3 is 1. The number of rotatable bonds is 7. The van der Waals surface area contributed by atoms with Gasteiger partial charge in [-0.2, -0.15) is 0 Å². The van der Waals surface area contributed by atoms with Crippen LogP contribution in [0.3, 0.4) is 0 Å². The normalized spacial score (nSPS) is 12.2. The summed E-state index contributed by atoms with van der Waals surface area (Å²) >= 11 is 11.9. The number of halogens is 2. The molecule has 0 aromatic heterocycles. The summed E-state index contributed by atoms with van der Waals surface area (Å²) in [5.74, 6) is 0.185. The largest absolute Gasteiger partial charge is 0.495 e. The predicted octanol–water partition coefficient (Wildman–Crippen LogP) is 3.78. The fourth-order valence-electron chi connectivity index (χ4n) is 2.12. The van der Waals surface area contributed by atoms with Crippen LogP contribution in [0.2, 0.25) is 10.0 Å². The molecule has 1 amide bonds.